The summed E-state index contributed by atoms with van der Waals surface area (Å²) < 4.78 is 0. The minimum absolute atomic E-state index is 0.106. The quantitative estimate of drug-likeness (QED) is 0.637. The smallest absolute Gasteiger partial charge is 0.274 e. The van der Waals surface area contributed by atoms with Gasteiger partial charge in [-0.25, -0.2) is 10.8 Å². The summed E-state index contributed by atoms with van der Waals surface area (Å²) in [6.07, 6.45) is 3.38. The number of hydrazine groups is 1. The normalized spacial score (nSPS) is 22.8. The van der Waals surface area contributed by atoms with Crippen LogP contribution in [0, 0.1) is 0 Å². The molecule has 1 aromatic rings. The van der Waals surface area contributed by atoms with E-state index in [1.54, 1.807) is 12.1 Å². The Labute approximate surface area is 129 Å². The molecular weight excluding hydrogens is 290 g/mol. The predicted octanol–water partition coefficient (Wildman–Crippen LogP) is 1.33. The Balaban J connectivity index is 1.80. The molecule has 2 fully saturated rings. The lowest BCUT2D eigenvalue weighted by Crippen LogP contribution is -2.40. The summed E-state index contributed by atoms with van der Waals surface area (Å²) in [6, 6.07) is 3.78. The molecule has 1 unspecified atom stereocenters. The Kier molecular flexibility index (Phi) is 4.28. The van der Waals surface area contributed by atoms with Crippen LogP contribution in [0.4, 0.5) is 5.82 Å². The number of pyridine rings is 1. The van der Waals surface area contributed by atoms with E-state index in [4.69, 9.17) is 17.4 Å². The van der Waals surface area contributed by atoms with Crippen LogP contribution in [0.2, 0.25) is 5.02 Å². The van der Waals surface area contributed by atoms with Crippen LogP contribution in [0.15, 0.2) is 12.1 Å². The van der Waals surface area contributed by atoms with Crippen molar-refractivity contribution >= 4 is 23.3 Å². The topological polar surface area (TPSA) is 74.5 Å². The van der Waals surface area contributed by atoms with Gasteiger partial charge in [0.1, 0.15) is 11.5 Å². The number of carbonyl (C=O) groups is 1. The molecule has 0 spiro atoms. The van der Waals surface area contributed by atoms with Crippen molar-refractivity contribution in [1.82, 2.24) is 14.8 Å². The van der Waals surface area contributed by atoms with Gasteiger partial charge in [-0.15, -0.1) is 0 Å². The average Bonchev–Trinajstić information content (AvgIpc) is 2.84. The van der Waals surface area contributed by atoms with Crippen LogP contribution in [0.25, 0.3) is 0 Å². The maximum atomic E-state index is 12.7. The van der Waals surface area contributed by atoms with Crippen molar-refractivity contribution in [2.75, 3.05) is 31.6 Å². The molecule has 3 N–H and O–H groups in total. The van der Waals surface area contributed by atoms with Crippen LogP contribution in [-0.2, 0) is 0 Å². The van der Waals surface area contributed by atoms with Crippen molar-refractivity contribution < 1.29 is 4.79 Å². The summed E-state index contributed by atoms with van der Waals surface area (Å²) in [6.45, 7) is 3.74. The van der Waals surface area contributed by atoms with E-state index in [2.05, 4.69) is 15.3 Å². The molecule has 6 nitrogen and oxygen atoms in total. The highest BCUT2D eigenvalue weighted by molar-refractivity contribution is 6.33. The number of anilines is 1. The number of fused-ring (bicyclic) bond motifs is 1. The minimum Gasteiger partial charge on any atom is -0.336 e. The molecule has 2 aliphatic rings. The zero-order valence-corrected chi connectivity index (χ0v) is 12.6. The maximum Gasteiger partial charge on any atom is 0.274 e. The van der Waals surface area contributed by atoms with Crippen molar-refractivity contribution in [2.45, 2.75) is 25.3 Å². The molecule has 3 heterocycles. The predicted molar refractivity (Wildman–Crippen MR) is 82.2 cm³/mol. The number of nitrogens with zero attached hydrogens (tertiary/aromatic N) is 3. The summed E-state index contributed by atoms with van der Waals surface area (Å²) in [5, 5.41) is 0.367. The van der Waals surface area contributed by atoms with E-state index in [1.807, 2.05) is 4.90 Å². The highest BCUT2D eigenvalue weighted by Gasteiger charge is 2.31. The van der Waals surface area contributed by atoms with Gasteiger partial charge in [0.25, 0.3) is 5.91 Å². The molecule has 3 rings (SSSR count). The molecule has 1 amide bonds. The Morgan fingerprint density at radius 2 is 2.14 bits per heavy atom. The summed E-state index contributed by atoms with van der Waals surface area (Å²) in [5.74, 6) is 5.69. The number of carbonyl (C=O) groups excluding carboxylic acids is 1. The van der Waals surface area contributed by atoms with Crippen LogP contribution in [0.5, 0.6) is 0 Å². The van der Waals surface area contributed by atoms with Gasteiger partial charge in [0, 0.05) is 25.7 Å². The first kappa shape index (κ1) is 14.6. The SMILES string of the molecule is NNc1ccc(Cl)c(C(=O)N2CCCN3CCCC3C2)n1. The lowest BCUT2D eigenvalue weighted by Gasteiger charge is -2.25. The number of nitrogen functional groups attached to an aromatic ring is 1. The lowest BCUT2D eigenvalue weighted by atomic mass is 10.2. The lowest BCUT2D eigenvalue weighted by molar-refractivity contribution is 0.0738. The minimum atomic E-state index is -0.106. The van der Waals surface area contributed by atoms with Gasteiger partial charge in [0.05, 0.1) is 5.02 Å². The number of nitrogens with two attached hydrogens (primary N) is 1. The molecule has 0 saturated carbocycles. The number of rotatable bonds is 2. The zero-order valence-electron chi connectivity index (χ0n) is 11.9. The van der Waals surface area contributed by atoms with Gasteiger partial charge < -0.3 is 10.3 Å². The van der Waals surface area contributed by atoms with Crippen molar-refractivity contribution in [2.24, 2.45) is 5.84 Å². The monoisotopic (exact) mass is 309 g/mol. The Morgan fingerprint density at radius 3 is 2.95 bits per heavy atom. The van der Waals surface area contributed by atoms with E-state index in [-0.39, 0.29) is 11.6 Å². The van der Waals surface area contributed by atoms with Crippen LogP contribution < -0.4 is 11.3 Å². The Hall–Kier alpha value is -1.37. The molecule has 0 bridgehead atoms. The van der Waals surface area contributed by atoms with E-state index in [1.165, 1.54) is 6.42 Å². The first-order chi connectivity index (χ1) is 10.2. The Bertz CT molecular complexity index is 538. The van der Waals surface area contributed by atoms with Crippen molar-refractivity contribution in [3.8, 4) is 0 Å². The standard InChI is InChI=1S/C14H20ClN5O/c15-11-4-5-12(18-16)17-13(11)14(21)20-8-2-7-19-6-1-3-10(19)9-20/h4-5,10H,1-3,6-9,16H2,(H,17,18). The molecule has 2 aliphatic heterocycles. The molecule has 114 valence electrons. The molecule has 7 heteroatoms. The fourth-order valence-corrected chi connectivity index (χ4v) is 3.40. The molecule has 0 radical (unpaired) electrons. The first-order valence-electron chi connectivity index (χ1n) is 7.35. The van der Waals surface area contributed by atoms with E-state index < -0.39 is 0 Å². The molecule has 21 heavy (non-hydrogen) atoms. The number of aromatic nitrogens is 1. The van der Waals surface area contributed by atoms with E-state index in [9.17, 15) is 4.79 Å². The largest absolute Gasteiger partial charge is 0.336 e. The average molecular weight is 310 g/mol. The molecule has 2 saturated heterocycles. The van der Waals surface area contributed by atoms with Crippen molar-refractivity contribution in [1.29, 1.82) is 0 Å². The molecular formula is C14H20ClN5O. The second kappa shape index (κ2) is 6.17. The van der Waals surface area contributed by atoms with Gasteiger partial charge in [-0.1, -0.05) is 11.6 Å². The van der Waals surface area contributed by atoms with Gasteiger partial charge in [-0.3, -0.25) is 9.69 Å². The third-order valence-corrected chi connectivity index (χ3v) is 4.59. The highest BCUT2D eigenvalue weighted by atomic mass is 35.5. The first-order valence-corrected chi connectivity index (χ1v) is 7.73. The van der Waals surface area contributed by atoms with Gasteiger partial charge >= 0.3 is 0 Å². The third-order valence-electron chi connectivity index (χ3n) is 4.29. The number of amides is 1. The van der Waals surface area contributed by atoms with E-state index in [0.717, 1.165) is 39.0 Å². The van der Waals surface area contributed by atoms with Crippen molar-refractivity contribution in [3.05, 3.63) is 22.8 Å². The Morgan fingerprint density at radius 1 is 1.33 bits per heavy atom. The van der Waals surface area contributed by atoms with Crippen LogP contribution >= 0.6 is 11.6 Å². The number of nitrogens with one attached hydrogen (secondary N) is 1. The fraction of sp³-hybridized carbons (Fsp3) is 0.571. The summed E-state index contributed by atoms with van der Waals surface area (Å²) >= 11 is 6.13. The number of hydrogen-bond acceptors (Lipinski definition) is 5. The molecule has 0 aliphatic carbocycles. The zero-order chi connectivity index (χ0) is 14.8. The highest BCUT2D eigenvalue weighted by Crippen LogP contribution is 2.24. The van der Waals surface area contributed by atoms with Gasteiger partial charge in [-0.2, -0.15) is 0 Å². The summed E-state index contributed by atoms with van der Waals surface area (Å²) in [7, 11) is 0. The van der Waals surface area contributed by atoms with Gasteiger partial charge in [0.2, 0.25) is 0 Å². The second-order valence-corrected chi connectivity index (χ2v) is 6.02. The second-order valence-electron chi connectivity index (χ2n) is 5.61. The van der Waals surface area contributed by atoms with E-state index >= 15 is 0 Å². The third kappa shape index (κ3) is 2.97. The summed E-state index contributed by atoms with van der Waals surface area (Å²) in [4.78, 5) is 21.3. The van der Waals surface area contributed by atoms with E-state index in [0.29, 0.717) is 16.9 Å². The van der Waals surface area contributed by atoms with Crippen LogP contribution in [0.3, 0.4) is 0 Å². The van der Waals surface area contributed by atoms with Crippen LogP contribution in [-0.4, -0.2) is 52.9 Å². The van der Waals surface area contributed by atoms with Gasteiger partial charge in [0.15, 0.2) is 0 Å². The number of halogens is 1. The maximum absolute atomic E-state index is 12.7. The molecule has 1 aromatic heterocycles. The molecule has 1 atom stereocenters. The van der Waals surface area contributed by atoms with Crippen LogP contribution in [0.1, 0.15) is 29.8 Å². The number of hydrogen-bond donors (Lipinski definition) is 2. The fourth-order valence-electron chi connectivity index (χ4n) is 3.21. The van der Waals surface area contributed by atoms with Gasteiger partial charge in [-0.05, 0) is 37.9 Å². The summed E-state index contributed by atoms with van der Waals surface area (Å²) in [5.41, 5.74) is 2.73. The van der Waals surface area contributed by atoms with Crippen molar-refractivity contribution in [3.63, 3.8) is 0 Å². The molecule has 0 aromatic carbocycles.